The number of ether oxygens (including phenoxy) is 1. The van der Waals surface area contributed by atoms with E-state index in [0.29, 0.717) is 5.17 Å². The van der Waals surface area contributed by atoms with E-state index in [9.17, 15) is 0 Å². The molecule has 0 fully saturated rings. The summed E-state index contributed by atoms with van der Waals surface area (Å²) in [5.74, 6) is 0.771. The van der Waals surface area contributed by atoms with Crippen LogP contribution in [-0.4, -0.2) is 29.9 Å². The fourth-order valence-electron chi connectivity index (χ4n) is 1.68. The Morgan fingerprint density at radius 3 is 2.41 bits per heavy atom. The largest absolute Gasteiger partial charge is 0.432 e. The second kappa shape index (κ2) is 8.46. The lowest BCUT2D eigenvalue weighted by Gasteiger charge is -2.17. The number of thioether (sulfide) groups is 1. The molecule has 0 spiro atoms. The maximum atomic E-state index is 5.65. The predicted molar refractivity (Wildman–Crippen MR) is 100 cm³/mol. The quantitative estimate of drug-likeness (QED) is 0.543. The molecule has 0 radical (unpaired) electrons. The van der Waals surface area contributed by atoms with Crippen LogP contribution in [0.25, 0.3) is 0 Å². The van der Waals surface area contributed by atoms with E-state index < -0.39 is 0 Å². The van der Waals surface area contributed by atoms with Gasteiger partial charge in [-0.1, -0.05) is 17.8 Å². The van der Waals surface area contributed by atoms with E-state index in [2.05, 4.69) is 42.7 Å². The third kappa shape index (κ3) is 4.93. The number of hydrogen-bond acceptors (Lipinski definition) is 4. The van der Waals surface area contributed by atoms with Crippen molar-refractivity contribution in [2.45, 2.75) is 21.6 Å². The van der Waals surface area contributed by atoms with Crippen LogP contribution in [0.4, 0.5) is 0 Å². The lowest BCUT2D eigenvalue weighted by molar-refractivity contribution is 0.415. The fourth-order valence-corrected chi connectivity index (χ4v) is 3.32. The molecule has 2 nitrogen and oxygen atoms in total. The first kappa shape index (κ1) is 17.2. The van der Waals surface area contributed by atoms with Crippen LogP contribution in [0.2, 0.25) is 0 Å². The van der Waals surface area contributed by atoms with Crippen molar-refractivity contribution in [1.82, 2.24) is 4.90 Å². The molecule has 0 atom stereocenters. The number of benzene rings is 2. The van der Waals surface area contributed by atoms with Crippen molar-refractivity contribution >= 4 is 40.9 Å². The highest BCUT2D eigenvalue weighted by atomic mass is 32.2. The molecule has 22 heavy (non-hydrogen) atoms. The minimum absolute atomic E-state index is 0.496. The summed E-state index contributed by atoms with van der Waals surface area (Å²) in [5.41, 5.74) is 0. The Morgan fingerprint density at radius 2 is 1.77 bits per heavy atom. The standard InChI is InChI=1S/C17H19NOS3/c1-4-18(2)17(20)19-13-8-10-14(11-9-13)22-16-7-5-6-15(12-16)21-3/h5-12H,4H2,1-3H3. The lowest BCUT2D eigenvalue weighted by Crippen LogP contribution is -2.28. The van der Waals surface area contributed by atoms with Crippen molar-refractivity contribution in [2.75, 3.05) is 19.8 Å². The van der Waals surface area contributed by atoms with E-state index in [4.69, 9.17) is 17.0 Å². The van der Waals surface area contributed by atoms with Crippen molar-refractivity contribution in [1.29, 1.82) is 0 Å². The van der Waals surface area contributed by atoms with Crippen molar-refractivity contribution in [3.63, 3.8) is 0 Å². The van der Waals surface area contributed by atoms with Crippen LogP contribution in [0.3, 0.4) is 0 Å². The smallest absolute Gasteiger partial charge is 0.264 e. The van der Waals surface area contributed by atoms with Crippen LogP contribution in [0, 0.1) is 0 Å². The molecule has 0 aliphatic carbocycles. The molecule has 2 rings (SSSR count). The van der Waals surface area contributed by atoms with E-state index in [1.54, 1.807) is 23.5 Å². The van der Waals surface area contributed by atoms with Gasteiger partial charge < -0.3 is 9.64 Å². The van der Waals surface area contributed by atoms with E-state index in [1.807, 2.05) is 31.0 Å². The Kier molecular flexibility index (Phi) is 6.61. The van der Waals surface area contributed by atoms with Gasteiger partial charge in [-0.3, -0.25) is 0 Å². The third-order valence-corrected chi connectivity index (χ3v) is 5.21. The molecule has 0 amide bonds. The van der Waals surface area contributed by atoms with Crippen molar-refractivity contribution in [3.05, 3.63) is 48.5 Å². The Labute approximate surface area is 146 Å². The number of rotatable bonds is 5. The highest BCUT2D eigenvalue weighted by Crippen LogP contribution is 2.31. The molecule has 0 aliphatic heterocycles. The van der Waals surface area contributed by atoms with Gasteiger partial charge in [0.1, 0.15) is 5.75 Å². The minimum Gasteiger partial charge on any atom is -0.432 e. The molecule has 0 saturated carbocycles. The van der Waals surface area contributed by atoms with Gasteiger partial charge in [-0.2, -0.15) is 0 Å². The first-order valence-corrected chi connectivity index (χ1v) is 9.42. The summed E-state index contributed by atoms with van der Waals surface area (Å²) in [5, 5.41) is 0.496. The van der Waals surface area contributed by atoms with Crippen LogP contribution in [0.15, 0.2) is 63.2 Å². The zero-order valence-corrected chi connectivity index (χ0v) is 15.4. The molecule has 0 bridgehead atoms. The molecule has 0 N–H and O–H groups in total. The molecule has 2 aromatic rings. The number of thiocarbonyl (C=S) groups is 1. The molecular formula is C17H19NOS3. The Balaban J connectivity index is 2.01. The second-order valence-corrected chi connectivity index (χ2v) is 7.01. The molecule has 0 heterocycles. The Morgan fingerprint density at radius 1 is 1.09 bits per heavy atom. The minimum atomic E-state index is 0.496. The summed E-state index contributed by atoms with van der Waals surface area (Å²) in [4.78, 5) is 5.59. The summed E-state index contributed by atoms with van der Waals surface area (Å²) in [6, 6.07) is 16.6. The van der Waals surface area contributed by atoms with Gasteiger partial charge in [0.25, 0.3) is 5.17 Å². The first-order chi connectivity index (χ1) is 10.6. The third-order valence-electron chi connectivity index (χ3n) is 3.09. The van der Waals surface area contributed by atoms with Crippen LogP contribution in [0.5, 0.6) is 5.75 Å². The van der Waals surface area contributed by atoms with Crippen LogP contribution >= 0.6 is 35.7 Å². The summed E-state index contributed by atoms with van der Waals surface area (Å²) in [6.45, 7) is 2.87. The van der Waals surface area contributed by atoms with Gasteiger partial charge in [-0.15, -0.1) is 11.8 Å². The average Bonchev–Trinajstić information content (AvgIpc) is 2.56. The van der Waals surface area contributed by atoms with Crippen molar-refractivity contribution in [2.24, 2.45) is 0 Å². The SMILES string of the molecule is CCN(C)C(=S)Oc1ccc(Sc2cccc(SC)c2)cc1. The summed E-state index contributed by atoms with van der Waals surface area (Å²) in [7, 11) is 1.92. The van der Waals surface area contributed by atoms with E-state index in [0.717, 1.165) is 12.3 Å². The van der Waals surface area contributed by atoms with Gasteiger partial charge in [0.15, 0.2) is 0 Å². The molecule has 0 unspecified atom stereocenters. The molecule has 0 saturated heterocycles. The second-order valence-electron chi connectivity index (χ2n) is 4.63. The zero-order chi connectivity index (χ0) is 15.9. The highest BCUT2D eigenvalue weighted by molar-refractivity contribution is 7.99. The van der Waals surface area contributed by atoms with E-state index >= 15 is 0 Å². The van der Waals surface area contributed by atoms with Gasteiger partial charge in [0, 0.05) is 28.3 Å². The van der Waals surface area contributed by atoms with E-state index in [-0.39, 0.29) is 0 Å². The maximum Gasteiger partial charge on any atom is 0.264 e. The van der Waals surface area contributed by atoms with E-state index in [1.165, 1.54) is 14.7 Å². The highest BCUT2D eigenvalue weighted by Gasteiger charge is 2.05. The van der Waals surface area contributed by atoms with Gasteiger partial charge in [0.2, 0.25) is 0 Å². The van der Waals surface area contributed by atoms with Crippen LogP contribution in [0.1, 0.15) is 6.92 Å². The average molecular weight is 350 g/mol. The van der Waals surface area contributed by atoms with Gasteiger partial charge >= 0.3 is 0 Å². The van der Waals surface area contributed by atoms with Crippen molar-refractivity contribution < 1.29 is 4.74 Å². The normalized spacial score (nSPS) is 10.3. The van der Waals surface area contributed by atoms with Gasteiger partial charge in [-0.25, -0.2) is 0 Å². The fraction of sp³-hybridized carbons (Fsp3) is 0.235. The maximum absolute atomic E-state index is 5.65. The number of nitrogens with zero attached hydrogens (tertiary/aromatic N) is 1. The van der Waals surface area contributed by atoms with Gasteiger partial charge in [-0.05, 0) is 67.9 Å². The molecular weight excluding hydrogens is 330 g/mol. The summed E-state index contributed by atoms with van der Waals surface area (Å²) < 4.78 is 5.65. The Bertz CT molecular complexity index is 628. The van der Waals surface area contributed by atoms with Crippen LogP contribution < -0.4 is 4.74 Å². The molecule has 0 aromatic heterocycles. The number of hydrogen-bond donors (Lipinski definition) is 0. The molecule has 2 aromatic carbocycles. The van der Waals surface area contributed by atoms with Crippen molar-refractivity contribution in [3.8, 4) is 5.75 Å². The van der Waals surface area contributed by atoms with Crippen LogP contribution in [-0.2, 0) is 0 Å². The van der Waals surface area contributed by atoms with Gasteiger partial charge in [0.05, 0.1) is 0 Å². The lowest BCUT2D eigenvalue weighted by atomic mass is 10.3. The molecule has 116 valence electrons. The summed E-state index contributed by atoms with van der Waals surface area (Å²) in [6.07, 6.45) is 2.09. The summed E-state index contributed by atoms with van der Waals surface area (Å²) >= 11 is 8.72. The zero-order valence-electron chi connectivity index (χ0n) is 12.9. The molecule has 5 heteroatoms. The monoisotopic (exact) mass is 349 g/mol. The Hall–Kier alpha value is -1.17. The first-order valence-electron chi connectivity index (χ1n) is 6.97. The predicted octanol–water partition coefficient (Wildman–Crippen LogP) is 5.18. The topological polar surface area (TPSA) is 12.5 Å². The molecule has 0 aliphatic rings.